The molecule has 2 aliphatic heterocycles. The van der Waals surface area contributed by atoms with Crippen LogP contribution in [0.1, 0.15) is 61.6 Å². The topological polar surface area (TPSA) is 34.1 Å². The van der Waals surface area contributed by atoms with Crippen LogP contribution in [-0.2, 0) is 0 Å². The summed E-state index contributed by atoms with van der Waals surface area (Å²) in [5, 5.41) is 7.15. The van der Waals surface area contributed by atoms with E-state index in [1.165, 1.54) is 24.0 Å². The number of ether oxygens (including phenoxy) is 2. The maximum atomic E-state index is 6.45. The minimum Gasteiger partial charge on any atom is -0.494 e. The van der Waals surface area contributed by atoms with Gasteiger partial charge in [0.15, 0.2) is 0 Å². The van der Waals surface area contributed by atoms with Crippen LogP contribution >= 0.6 is 0 Å². The van der Waals surface area contributed by atoms with Crippen molar-refractivity contribution in [2.24, 2.45) is 5.10 Å². The van der Waals surface area contributed by atoms with Crippen molar-refractivity contribution < 1.29 is 9.47 Å². The maximum absolute atomic E-state index is 6.45. The fraction of sp³-hybridized carbons (Fsp3) is 0.296. The van der Waals surface area contributed by atoms with Gasteiger partial charge in [0.2, 0.25) is 6.23 Å². The van der Waals surface area contributed by atoms with Crippen molar-refractivity contribution in [2.75, 3.05) is 6.61 Å². The van der Waals surface area contributed by atoms with Gasteiger partial charge in [0.1, 0.15) is 11.5 Å². The molecule has 0 bridgehead atoms. The Hall–Kier alpha value is -3.27. The van der Waals surface area contributed by atoms with Crippen LogP contribution in [0.25, 0.3) is 0 Å². The molecule has 0 N–H and O–H groups in total. The number of unbranched alkanes of at least 4 members (excludes halogenated alkanes) is 2. The molecule has 4 heteroatoms. The second-order valence-corrected chi connectivity index (χ2v) is 8.15. The highest BCUT2D eigenvalue weighted by Crippen LogP contribution is 2.47. The number of benzene rings is 3. The van der Waals surface area contributed by atoms with Crippen LogP contribution in [0.3, 0.4) is 0 Å². The Morgan fingerprint density at radius 2 is 1.71 bits per heavy atom. The summed E-state index contributed by atoms with van der Waals surface area (Å²) < 4.78 is 12.3. The molecule has 3 aromatic carbocycles. The maximum Gasteiger partial charge on any atom is 0.213 e. The molecule has 3 aromatic rings. The fourth-order valence-corrected chi connectivity index (χ4v) is 4.33. The summed E-state index contributed by atoms with van der Waals surface area (Å²) in [5.41, 5.74) is 4.55. The Balaban J connectivity index is 1.42. The molecule has 0 aliphatic carbocycles. The van der Waals surface area contributed by atoms with Crippen molar-refractivity contribution in [1.82, 2.24) is 5.01 Å². The molecular formula is C27H28N2O2. The normalized spacial score (nSPS) is 19.3. The fourth-order valence-electron chi connectivity index (χ4n) is 4.33. The summed E-state index contributed by atoms with van der Waals surface area (Å²) in [6.45, 7) is 2.97. The van der Waals surface area contributed by atoms with Gasteiger partial charge >= 0.3 is 0 Å². The predicted octanol–water partition coefficient (Wildman–Crippen LogP) is 6.50. The van der Waals surface area contributed by atoms with Gasteiger partial charge in [0.25, 0.3) is 0 Å². The van der Waals surface area contributed by atoms with Crippen LogP contribution in [0.2, 0.25) is 0 Å². The number of rotatable bonds is 7. The van der Waals surface area contributed by atoms with E-state index in [2.05, 4.69) is 66.5 Å². The first kappa shape index (κ1) is 19.7. The highest BCUT2D eigenvalue weighted by Gasteiger charge is 2.40. The molecule has 158 valence electrons. The Morgan fingerprint density at radius 3 is 2.52 bits per heavy atom. The van der Waals surface area contributed by atoms with Crippen molar-refractivity contribution in [3.05, 3.63) is 95.6 Å². The van der Waals surface area contributed by atoms with E-state index in [-0.39, 0.29) is 12.3 Å². The summed E-state index contributed by atoms with van der Waals surface area (Å²) in [5.74, 6) is 1.85. The van der Waals surface area contributed by atoms with E-state index in [1.807, 2.05) is 24.3 Å². The monoisotopic (exact) mass is 412 g/mol. The van der Waals surface area contributed by atoms with Gasteiger partial charge in [-0.2, -0.15) is 5.10 Å². The molecule has 2 aliphatic rings. The van der Waals surface area contributed by atoms with E-state index in [0.29, 0.717) is 0 Å². The molecule has 31 heavy (non-hydrogen) atoms. The van der Waals surface area contributed by atoms with Crippen LogP contribution in [-0.4, -0.2) is 17.3 Å². The predicted molar refractivity (Wildman–Crippen MR) is 123 cm³/mol. The lowest BCUT2D eigenvalue weighted by Gasteiger charge is -2.38. The van der Waals surface area contributed by atoms with Crippen LogP contribution < -0.4 is 9.47 Å². The van der Waals surface area contributed by atoms with Crippen molar-refractivity contribution in [3.8, 4) is 11.5 Å². The van der Waals surface area contributed by atoms with Gasteiger partial charge in [-0.3, -0.25) is 0 Å². The molecule has 2 heterocycles. The molecule has 4 nitrogen and oxygen atoms in total. The second kappa shape index (κ2) is 8.84. The van der Waals surface area contributed by atoms with Crippen molar-refractivity contribution in [1.29, 1.82) is 0 Å². The number of nitrogens with zero attached hydrogens (tertiary/aromatic N) is 2. The molecule has 2 atom stereocenters. The molecule has 0 spiro atoms. The number of hydrogen-bond donors (Lipinski definition) is 0. The molecule has 5 rings (SSSR count). The molecule has 0 saturated carbocycles. The zero-order valence-corrected chi connectivity index (χ0v) is 17.9. The number of para-hydroxylation sites is 1. The van der Waals surface area contributed by atoms with Crippen molar-refractivity contribution >= 4 is 5.71 Å². The minimum absolute atomic E-state index is 0.176. The van der Waals surface area contributed by atoms with E-state index in [0.717, 1.165) is 42.2 Å². The Labute approximate surface area is 184 Å². The number of hydrazone groups is 1. The zero-order valence-electron chi connectivity index (χ0n) is 17.9. The van der Waals surface area contributed by atoms with Gasteiger partial charge in [-0.15, -0.1) is 0 Å². The summed E-state index contributed by atoms with van der Waals surface area (Å²) >= 11 is 0. The number of hydrogen-bond acceptors (Lipinski definition) is 4. The Morgan fingerprint density at radius 1 is 0.935 bits per heavy atom. The van der Waals surface area contributed by atoms with Crippen LogP contribution in [0.15, 0.2) is 84.0 Å². The van der Waals surface area contributed by atoms with Crippen LogP contribution in [0.5, 0.6) is 11.5 Å². The van der Waals surface area contributed by atoms with E-state index in [4.69, 9.17) is 14.6 Å². The van der Waals surface area contributed by atoms with Gasteiger partial charge < -0.3 is 9.47 Å². The Bertz CT molecular complexity index is 1050. The van der Waals surface area contributed by atoms with Gasteiger partial charge in [0, 0.05) is 17.5 Å². The van der Waals surface area contributed by atoms with E-state index in [1.54, 1.807) is 0 Å². The van der Waals surface area contributed by atoms with E-state index >= 15 is 0 Å². The van der Waals surface area contributed by atoms with E-state index < -0.39 is 0 Å². The molecule has 0 unspecified atom stereocenters. The summed E-state index contributed by atoms with van der Waals surface area (Å²) in [4.78, 5) is 0. The van der Waals surface area contributed by atoms with E-state index in [9.17, 15) is 0 Å². The highest BCUT2D eigenvalue weighted by molar-refractivity contribution is 6.01. The molecule has 0 fully saturated rings. The smallest absolute Gasteiger partial charge is 0.213 e. The number of fused-ring (bicyclic) bond motifs is 3. The first-order chi connectivity index (χ1) is 15.3. The van der Waals surface area contributed by atoms with Gasteiger partial charge in [-0.1, -0.05) is 68.3 Å². The van der Waals surface area contributed by atoms with Gasteiger partial charge in [0.05, 0.1) is 18.4 Å². The summed E-state index contributed by atoms with van der Waals surface area (Å²) in [6.07, 6.45) is 4.11. The van der Waals surface area contributed by atoms with Crippen LogP contribution in [0, 0.1) is 0 Å². The largest absolute Gasteiger partial charge is 0.494 e. The average Bonchev–Trinajstić information content (AvgIpc) is 3.28. The summed E-state index contributed by atoms with van der Waals surface area (Å²) in [6, 6.07) is 27.2. The third kappa shape index (κ3) is 4.02. The van der Waals surface area contributed by atoms with Gasteiger partial charge in [-0.05, 0) is 42.3 Å². The lowest BCUT2D eigenvalue weighted by atomic mass is 9.96. The molecule has 0 radical (unpaired) electrons. The lowest BCUT2D eigenvalue weighted by Crippen LogP contribution is -2.33. The highest BCUT2D eigenvalue weighted by atomic mass is 16.5. The Kier molecular flexibility index (Phi) is 5.61. The third-order valence-corrected chi connectivity index (χ3v) is 5.99. The standard InChI is InChI=1S/C27H28N2O2/c1-2-3-9-18-30-22-16-14-21(15-17-22)27-29-25(23-12-7-8-13-26(23)31-27)19-24(28-29)20-10-5-4-6-11-20/h4-8,10-17,25,27H,2-3,9,18-19H2,1H3/t25-,27-/m1/s1. The zero-order chi connectivity index (χ0) is 21.0. The first-order valence-electron chi connectivity index (χ1n) is 11.2. The van der Waals surface area contributed by atoms with Crippen molar-refractivity contribution in [3.63, 3.8) is 0 Å². The van der Waals surface area contributed by atoms with Crippen LogP contribution in [0.4, 0.5) is 0 Å². The summed E-state index contributed by atoms with van der Waals surface area (Å²) in [7, 11) is 0. The van der Waals surface area contributed by atoms with Crippen molar-refractivity contribution in [2.45, 2.75) is 44.9 Å². The molecule has 0 amide bonds. The molecule has 0 aromatic heterocycles. The third-order valence-electron chi connectivity index (χ3n) is 5.99. The lowest BCUT2D eigenvalue weighted by molar-refractivity contribution is -0.0190. The second-order valence-electron chi connectivity index (χ2n) is 8.15. The minimum atomic E-state index is -0.254. The SMILES string of the molecule is CCCCCOc1ccc([C@H]2Oc3ccccc3[C@H]3CC(c4ccccc4)=NN32)cc1. The quantitative estimate of drug-likeness (QED) is 0.416. The first-order valence-corrected chi connectivity index (χ1v) is 11.2. The van der Waals surface area contributed by atoms with Gasteiger partial charge in [-0.25, -0.2) is 5.01 Å². The molecule has 0 saturated heterocycles. The molecular weight excluding hydrogens is 384 g/mol. The average molecular weight is 413 g/mol.